The van der Waals surface area contributed by atoms with E-state index in [-0.39, 0.29) is 0 Å². The van der Waals surface area contributed by atoms with Gasteiger partial charge in [0.25, 0.3) is 0 Å². The largest absolute Gasteiger partial charge is 0.310 e. The first-order valence-corrected chi connectivity index (χ1v) is 6.48. The van der Waals surface area contributed by atoms with Crippen molar-refractivity contribution in [2.45, 2.75) is 26.3 Å². The lowest BCUT2D eigenvalue weighted by atomic mass is 9.98. The summed E-state index contributed by atoms with van der Waals surface area (Å²) < 4.78 is 0. The van der Waals surface area contributed by atoms with Crippen LogP contribution in [0.2, 0.25) is 0 Å². The summed E-state index contributed by atoms with van der Waals surface area (Å²) in [5.74, 6) is 0. The molecule has 1 N–H and O–H groups in total. The molecular formula is C16H20N2. The summed E-state index contributed by atoms with van der Waals surface area (Å²) in [5.41, 5.74) is 3.99. The molecule has 0 spiro atoms. The van der Waals surface area contributed by atoms with Gasteiger partial charge in [-0.1, -0.05) is 36.8 Å². The van der Waals surface area contributed by atoms with Crippen LogP contribution in [-0.2, 0) is 6.42 Å². The Kier molecular flexibility index (Phi) is 4.48. The van der Waals surface area contributed by atoms with E-state index in [0.29, 0.717) is 6.04 Å². The third-order valence-electron chi connectivity index (χ3n) is 3.08. The van der Waals surface area contributed by atoms with Gasteiger partial charge in [-0.2, -0.15) is 0 Å². The topological polar surface area (TPSA) is 24.9 Å². The van der Waals surface area contributed by atoms with Crippen molar-refractivity contribution in [2.75, 3.05) is 6.54 Å². The number of aromatic nitrogens is 1. The van der Waals surface area contributed by atoms with Crippen molar-refractivity contribution in [2.24, 2.45) is 0 Å². The second-order valence-electron chi connectivity index (χ2n) is 4.58. The first-order valence-electron chi connectivity index (χ1n) is 6.48. The second kappa shape index (κ2) is 6.31. The molecule has 0 saturated heterocycles. The van der Waals surface area contributed by atoms with Crippen LogP contribution in [0.25, 0.3) is 0 Å². The zero-order chi connectivity index (χ0) is 12.8. The molecule has 0 saturated carbocycles. The molecular weight excluding hydrogens is 220 g/mol. The van der Waals surface area contributed by atoms with Gasteiger partial charge in [0.05, 0.1) is 0 Å². The van der Waals surface area contributed by atoms with E-state index in [1.807, 2.05) is 12.4 Å². The van der Waals surface area contributed by atoms with E-state index in [0.717, 1.165) is 13.0 Å². The van der Waals surface area contributed by atoms with Crippen molar-refractivity contribution in [3.63, 3.8) is 0 Å². The normalized spacial score (nSPS) is 12.3. The monoisotopic (exact) mass is 240 g/mol. The minimum Gasteiger partial charge on any atom is -0.310 e. The Hall–Kier alpha value is -1.67. The standard InChI is InChI=1S/C16H20N2/c1-3-18-16(15-7-9-17-10-8-15)12-14-6-4-5-13(2)11-14/h4-11,16,18H,3,12H2,1-2H3. The van der Waals surface area contributed by atoms with Crippen LogP contribution in [0, 0.1) is 6.92 Å². The van der Waals surface area contributed by atoms with Crippen LogP contribution in [0.4, 0.5) is 0 Å². The molecule has 1 heterocycles. The van der Waals surface area contributed by atoms with Gasteiger partial charge < -0.3 is 5.32 Å². The molecule has 0 aliphatic heterocycles. The highest BCUT2D eigenvalue weighted by molar-refractivity contribution is 5.25. The highest BCUT2D eigenvalue weighted by Crippen LogP contribution is 2.18. The van der Waals surface area contributed by atoms with E-state index in [2.05, 4.69) is 60.5 Å². The van der Waals surface area contributed by atoms with Crippen LogP contribution in [0.5, 0.6) is 0 Å². The SMILES string of the molecule is CCNC(Cc1cccc(C)c1)c1ccncc1. The van der Waals surface area contributed by atoms with Crippen LogP contribution in [-0.4, -0.2) is 11.5 Å². The van der Waals surface area contributed by atoms with E-state index in [4.69, 9.17) is 0 Å². The average molecular weight is 240 g/mol. The smallest absolute Gasteiger partial charge is 0.0361 e. The number of nitrogens with one attached hydrogen (secondary N) is 1. The fourth-order valence-corrected chi connectivity index (χ4v) is 2.22. The highest BCUT2D eigenvalue weighted by atomic mass is 14.9. The fraction of sp³-hybridized carbons (Fsp3) is 0.312. The van der Waals surface area contributed by atoms with Crippen LogP contribution < -0.4 is 5.32 Å². The predicted molar refractivity (Wildman–Crippen MR) is 75.5 cm³/mol. The van der Waals surface area contributed by atoms with E-state index in [9.17, 15) is 0 Å². The zero-order valence-electron chi connectivity index (χ0n) is 11.1. The van der Waals surface area contributed by atoms with Gasteiger partial charge in [0.2, 0.25) is 0 Å². The van der Waals surface area contributed by atoms with Gasteiger partial charge in [0.1, 0.15) is 0 Å². The third kappa shape index (κ3) is 3.41. The summed E-state index contributed by atoms with van der Waals surface area (Å²) in [5, 5.41) is 3.54. The van der Waals surface area contributed by atoms with E-state index < -0.39 is 0 Å². The van der Waals surface area contributed by atoms with Gasteiger partial charge in [-0.05, 0) is 43.1 Å². The van der Waals surface area contributed by atoms with Crippen LogP contribution in [0.3, 0.4) is 0 Å². The Morgan fingerprint density at radius 1 is 1.17 bits per heavy atom. The Morgan fingerprint density at radius 3 is 2.61 bits per heavy atom. The second-order valence-corrected chi connectivity index (χ2v) is 4.58. The van der Waals surface area contributed by atoms with Crippen molar-refractivity contribution >= 4 is 0 Å². The molecule has 2 rings (SSSR count). The maximum atomic E-state index is 4.08. The summed E-state index contributed by atoms with van der Waals surface area (Å²) >= 11 is 0. The van der Waals surface area contributed by atoms with E-state index >= 15 is 0 Å². The van der Waals surface area contributed by atoms with Gasteiger partial charge in [-0.3, -0.25) is 4.98 Å². The number of hydrogen-bond acceptors (Lipinski definition) is 2. The molecule has 0 radical (unpaired) electrons. The number of benzene rings is 1. The number of pyridine rings is 1. The van der Waals surface area contributed by atoms with Crippen LogP contribution in [0.1, 0.15) is 29.7 Å². The summed E-state index contributed by atoms with van der Waals surface area (Å²) in [6.07, 6.45) is 4.73. The third-order valence-corrected chi connectivity index (χ3v) is 3.08. The number of rotatable bonds is 5. The van der Waals surface area contributed by atoms with Crippen molar-refractivity contribution in [1.29, 1.82) is 0 Å². The highest BCUT2D eigenvalue weighted by Gasteiger charge is 2.10. The molecule has 2 aromatic rings. The van der Waals surface area contributed by atoms with Crippen molar-refractivity contribution in [3.8, 4) is 0 Å². The van der Waals surface area contributed by atoms with Crippen LogP contribution >= 0.6 is 0 Å². The van der Waals surface area contributed by atoms with Gasteiger partial charge in [0, 0.05) is 18.4 Å². The van der Waals surface area contributed by atoms with Crippen molar-refractivity contribution < 1.29 is 0 Å². The molecule has 1 aromatic carbocycles. The molecule has 0 aliphatic rings. The van der Waals surface area contributed by atoms with Gasteiger partial charge >= 0.3 is 0 Å². The maximum Gasteiger partial charge on any atom is 0.0361 e. The first kappa shape index (κ1) is 12.8. The van der Waals surface area contributed by atoms with E-state index in [1.54, 1.807) is 0 Å². The van der Waals surface area contributed by atoms with Crippen molar-refractivity contribution in [3.05, 3.63) is 65.5 Å². The van der Waals surface area contributed by atoms with Gasteiger partial charge in [-0.15, -0.1) is 0 Å². The molecule has 2 nitrogen and oxygen atoms in total. The molecule has 1 aromatic heterocycles. The molecule has 18 heavy (non-hydrogen) atoms. The predicted octanol–water partition coefficient (Wildman–Crippen LogP) is 3.28. The van der Waals surface area contributed by atoms with Crippen molar-refractivity contribution in [1.82, 2.24) is 10.3 Å². The fourth-order valence-electron chi connectivity index (χ4n) is 2.22. The summed E-state index contributed by atoms with van der Waals surface area (Å²) in [6, 6.07) is 13.2. The first-order chi connectivity index (χ1) is 8.79. The number of nitrogens with zero attached hydrogens (tertiary/aromatic N) is 1. The lowest BCUT2D eigenvalue weighted by Crippen LogP contribution is -2.23. The van der Waals surface area contributed by atoms with Crippen LogP contribution in [0.15, 0.2) is 48.8 Å². The Labute approximate surface area is 109 Å². The Bertz CT molecular complexity index is 479. The molecule has 0 fully saturated rings. The van der Waals surface area contributed by atoms with Gasteiger partial charge in [0.15, 0.2) is 0 Å². The minimum atomic E-state index is 0.361. The number of likely N-dealkylation sites (N-methyl/N-ethyl adjacent to an activating group) is 1. The molecule has 1 unspecified atom stereocenters. The summed E-state index contributed by atoms with van der Waals surface area (Å²) in [7, 11) is 0. The van der Waals surface area contributed by atoms with Gasteiger partial charge in [-0.25, -0.2) is 0 Å². The quantitative estimate of drug-likeness (QED) is 0.867. The lowest BCUT2D eigenvalue weighted by Gasteiger charge is -2.18. The molecule has 2 heteroatoms. The summed E-state index contributed by atoms with van der Waals surface area (Å²) in [6.45, 7) is 5.25. The molecule has 0 bridgehead atoms. The zero-order valence-corrected chi connectivity index (χ0v) is 11.1. The Morgan fingerprint density at radius 2 is 1.94 bits per heavy atom. The number of hydrogen-bond donors (Lipinski definition) is 1. The lowest BCUT2D eigenvalue weighted by molar-refractivity contribution is 0.549. The van der Waals surface area contributed by atoms with E-state index in [1.165, 1.54) is 16.7 Å². The molecule has 1 atom stereocenters. The number of aryl methyl sites for hydroxylation is 1. The summed E-state index contributed by atoms with van der Waals surface area (Å²) in [4.78, 5) is 4.08. The molecule has 94 valence electrons. The average Bonchev–Trinajstić information content (AvgIpc) is 2.39. The maximum absolute atomic E-state index is 4.08. The minimum absolute atomic E-state index is 0.361. The molecule has 0 amide bonds. The molecule has 0 aliphatic carbocycles. The Balaban J connectivity index is 2.16.